The summed E-state index contributed by atoms with van der Waals surface area (Å²) in [6.07, 6.45) is -9.73. The molecule has 0 atom stereocenters. The molecule has 0 saturated heterocycles. The number of hydrogen-bond donors (Lipinski definition) is 0. The molecule has 0 aliphatic rings. The summed E-state index contributed by atoms with van der Waals surface area (Å²) in [5, 5.41) is 0. The van der Waals surface area contributed by atoms with Gasteiger partial charge in [0.15, 0.2) is 0 Å². The molecule has 0 saturated carbocycles. The predicted molar refractivity (Wildman–Crippen MR) is 71.2 cm³/mol. The minimum Gasteiger partial charge on any atom is -0.528 e. The van der Waals surface area contributed by atoms with Gasteiger partial charge in [0.25, 0.3) is 0 Å². The quantitative estimate of drug-likeness (QED) is 0.573. The summed E-state index contributed by atoms with van der Waals surface area (Å²) in [7, 11) is -0.685. The predicted octanol–water partition coefficient (Wildman–Crippen LogP) is 4.73. The van der Waals surface area contributed by atoms with Crippen LogP contribution in [0, 0.1) is 11.6 Å². The SMILES string of the molecule is Fc1cc(OBOc2ccc(C(F)(F)F)c(F)c2)ccc1C(F)(F)F. The van der Waals surface area contributed by atoms with Crippen molar-refractivity contribution in [1.82, 2.24) is 0 Å². The Hall–Kier alpha value is -2.46. The lowest BCUT2D eigenvalue weighted by molar-refractivity contribution is -0.140. The molecule has 0 bridgehead atoms. The van der Waals surface area contributed by atoms with Crippen molar-refractivity contribution >= 4 is 7.69 Å². The van der Waals surface area contributed by atoms with Crippen LogP contribution in [0.25, 0.3) is 0 Å². The summed E-state index contributed by atoms with van der Waals surface area (Å²) in [4.78, 5) is 0. The Kier molecular flexibility index (Phi) is 5.14. The van der Waals surface area contributed by atoms with Gasteiger partial charge in [0, 0.05) is 12.1 Å². The van der Waals surface area contributed by atoms with Crippen molar-refractivity contribution in [1.29, 1.82) is 0 Å². The first-order valence-corrected chi connectivity index (χ1v) is 6.47. The van der Waals surface area contributed by atoms with Gasteiger partial charge < -0.3 is 9.31 Å². The molecule has 11 heteroatoms. The molecule has 2 rings (SSSR count). The van der Waals surface area contributed by atoms with Gasteiger partial charge in [-0.1, -0.05) is 0 Å². The second kappa shape index (κ2) is 6.81. The second-order valence-electron chi connectivity index (χ2n) is 4.69. The Labute approximate surface area is 136 Å². The van der Waals surface area contributed by atoms with Crippen molar-refractivity contribution < 1.29 is 44.4 Å². The third-order valence-corrected chi connectivity index (χ3v) is 2.94. The van der Waals surface area contributed by atoms with E-state index in [0.717, 1.165) is 12.1 Å². The van der Waals surface area contributed by atoms with E-state index in [0.29, 0.717) is 24.3 Å². The molecule has 2 aromatic carbocycles. The van der Waals surface area contributed by atoms with Crippen molar-refractivity contribution in [3.8, 4) is 11.5 Å². The summed E-state index contributed by atoms with van der Waals surface area (Å²) in [6.45, 7) is 0. The molecule has 25 heavy (non-hydrogen) atoms. The van der Waals surface area contributed by atoms with Crippen molar-refractivity contribution in [2.24, 2.45) is 0 Å². The summed E-state index contributed by atoms with van der Waals surface area (Å²) >= 11 is 0. The molecule has 0 aromatic heterocycles. The maximum Gasteiger partial charge on any atom is 0.576 e. The van der Waals surface area contributed by atoms with E-state index in [-0.39, 0.29) is 11.5 Å². The van der Waals surface area contributed by atoms with Crippen LogP contribution in [0.3, 0.4) is 0 Å². The average Bonchev–Trinajstić information content (AvgIpc) is 2.44. The molecule has 2 nitrogen and oxygen atoms in total. The van der Waals surface area contributed by atoms with Crippen LogP contribution in [0.15, 0.2) is 36.4 Å². The Balaban J connectivity index is 1.99. The highest BCUT2D eigenvalue weighted by Gasteiger charge is 2.35. The number of benzene rings is 2. The fraction of sp³-hybridized carbons (Fsp3) is 0.143. The lowest BCUT2D eigenvalue weighted by Crippen LogP contribution is -2.13. The minimum atomic E-state index is -4.86. The summed E-state index contributed by atoms with van der Waals surface area (Å²) in [5.41, 5.74) is -2.96. The number of rotatable bonds is 4. The van der Waals surface area contributed by atoms with E-state index in [1.54, 1.807) is 0 Å². The molecular formula is C14H7BF8O2. The van der Waals surface area contributed by atoms with Crippen LogP contribution < -0.4 is 9.31 Å². The van der Waals surface area contributed by atoms with E-state index < -0.39 is 42.8 Å². The number of hydrogen-bond acceptors (Lipinski definition) is 2. The van der Waals surface area contributed by atoms with Gasteiger partial charge in [-0.3, -0.25) is 0 Å². The molecule has 2 aromatic rings. The van der Waals surface area contributed by atoms with Crippen LogP contribution in [0.4, 0.5) is 35.1 Å². The van der Waals surface area contributed by atoms with Gasteiger partial charge in [0.2, 0.25) is 0 Å². The maximum absolute atomic E-state index is 13.3. The van der Waals surface area contributed by atoms with E-state index in [1.807, 2.05) is 0 Å². The van der Waals surface area contributed by atoms with E-state index >= 15 is 0 Å². The molecule has 0 aliphatic carbocycles. The maximum atomic E-state index is 13.3. The molecule has 0 spiro atoms. The highest BCUT2D eigenvalue weighted by atomic mass is 19.4. The van der Waals surface area contributed by atoms with Crippen LogP contribution in [0.2, 0.25) is 0 Å². The molecule has 0 heterocycles. The van der Waals surface area contributed by atoms with Crippen LogP contribution in [0.5, 0.6) is 11.5 Å². The lowest BCUT2D eigenvalue weighted by Gasteiger charge is -2.12. The first-order valence-electron chi connectivity index (χ1n) is 6.47. The van der Waals surface area contributed by atoms with Gasteiger partial charge in [-0.2, -0.15) is 26.3 Å². The molecular weight excluding hydrogens is 363 g/mol. The van der Waals surface area contributed by atoms with E-state index in [1.165, 1.54) is 0 Å². The fourth-order valence-corrected chi connectivity index (χ4v) is 1.80. The van der Waals surface area contributed by atoms with Gasteiger partial charge in [-0.05, 0) is 24.3 Å². The average molecular weight is 370 g/mol. The largest absolute Gasteiger partial charge is 0.576 e. The molecule has 0 aliphatic heterocycles. The zero-order valence-corrected chi connectivity index (χ0v) is 12.0. The summed E-state index contributed by atoms with van der Waals surface area (Å²) < 4.78 is 111. The third-order valence-electron chi connectivity index (χ3n) is 2.94. The Morgan fingerprint density at radius 3 is 1.28 bits per heavy atom. The highest BCUT2D eigenvalue weighted by Crippen LogP contribution is 2.34. The van der Waals surface area contributed by atoms with Crippen LogP contribution >= 0.6 is 0 Å². The van der Waals surface area contributed by atoms with Crippen LogP contribution in [-0.2, 0) is 12.4 Å². The van der Waals surface area contributed by atoms with Crippen molar-refractivity contribution in [3.05, 3.63) is 59.2 Å². The summed E-state index contributed by atoms with van der Waals surface area (Å²) in [6, 6.07) is 3.54. The molecule has 0 radical (unpaired) electrons. The zero-order valence-electron chi connectivity index (χ0n) is 12.0. The Morgan fingerprint density at radius 2 is 1.00 bits per heavy atom. The number of alkyl halides is 6. The minimum absolute atomic E-state index is 0.308. The van der Waals surface area contributed by atoms with Crippen LogP contribution in [-0.4, -0.2) is 7.69 Å². The standard InChI is InChI=1S/C14H7BF8O2/c16-11-5-7(1-3-9(11)13(18,19)20)24-15-25-8-2-4-10(12(17)6-8)14(21,22)23/h1-6,15H. The smallest absolute Gasteiger partial charge is 0.528 e. The first kappa shape index (κ1) is 18.9. The third kappa shape index (κ3) is 4.77. The zero-order chi connectivity index (χ0) is 18.8. The van der Waals surface area contributed by atoms with Crippen molar-refractivity contribution in [3.63, 3.8) is 0 Å². The molecule has 0 unspecified atom stereocenters. The van der Waals surface area contributed by atoms with Gasteiger partial charge >= 0.3 is 20.0 Å². The van der Waals surface area contributed by atoms with Crippen molar-refractivity contribution in [2.45, 2.75) is 12.4 Å². The Morgan fingerprint density at radius 1 is 0.640 bits per heavy atom. The molecule has 0 fully saturated rings. The van der Waals surface area contributed by atoms with E-state index in [9.17, 15) is 35.1 Å². The lowest BCUT2D eigenvalue weighted by atomic mass is 10.2. The van der Waals surface area contributed by atoms with Gasteiger partial charge in [-0.25, -0.2) is 8.78 Å². The second-order valence-corrected chi connectivity index (χ2v) is 4.69. The highest BCUT2D eigenvalue weighted by molar-refractivity contribution is 6.20. The van der Waals surface area contributed by atoms with Gasteiger partial charge in [-0.15, -0.1) is 0 Å². The monoisotopic (exact) mass is 370 g/mol. The van der Waals surface area contributed by atoms with Gasteiger partial charge in [0.1, 0.15) is 23.1 Å². The van der Waals surface area contributed by atoms with Crippen LogP contribution in [0.1, 0.15) is 11.1 Å². The first-order chi connectivity index (χ1) is 11.5. The normalized spacial score (nSPS) is 12.0. The van der Waals surface area contributed by atoms with Gasteiger partial charge in [0.05, 0.1) is 11.1 Å². The van der Waals surface area contributed by atoms with Crippen molar-refractivity contribution in [2.75, 3.05) is 0 Å². The molecule has 134 valence electrons. The topological polar surface area (TPSA) is 18.5 Å². The van der Waals surface area contributed by atoms with E-state index in [4.69, 9.17) is 9.31 Å². The fourth-order valence-electron chi connectivity index (χ4n) is 1.80. The Bertz CT molecular complexity index is 694. The van der Waals surface area contributed by atoms with E-state index in [2.05, 4.69) is 0 Å². The molecule has 0 N–H and O–H groups in total. The number of halogens is 8. The molecule has 0 amide bonds. The summed E-state index contributed by atoms with van der Waals surface area (Å²) in [5.74, 6) is -3.74.